The molecule has 2 aliphatic heterocycles. The van der Waals surface area contributed by atoms with E-state index in [-0.39, 0.29) is 30.7 Å². The van der Waals surface area contributed by atoms with Gasteiger partial charge in [0.1, 0.15) is 0 Å². The van der Waals surface area contributed by atoms with E-state index in [0.717, 1.165) is 25.0 Å². The molecular weight excluding hydrogens is 342 g/mol. The Morgan fingerprint density at radius 1 is 0.926 bits per heavy atom. The van der Waals surface area contributed by atoms with Crippen molar-refractivity contribution >= 4 is 28.5 Å². The summed E-state index contributed by atoms with van der Waals surface area (Å²) in [6, 6.07) is 11.0. The average Bonchev–Trinajstić information content (AvgIpc) is 2.71. The number of nitrogens with zero attached hydrogens (tertiary/aromatic N) is 3. The highest BCUT2D eigenvalue weighted by molar-refractivity contribution is 6.25. The Bertz CT molecular complexity index is 865. The van der Waals surface area contributed by atoms with Crippen LogP contribution in [0.1, 0.15) is 34.1 Å². The molecule has 2 heterocycles. The molecule has 6 heteroatoms. The molecule has 0 aromatic heterocycles. The lowest BCUT2D eigenvalue weighted by molar-refractivity contribution is -0.133. The third kappa shape index (κ3) is 3.10. The molecule has 0 radical (unpaired) electrons. The fourth-order valence-electron chi connectivity index (χ4n) is 3.96. The molecule has 2 aliphatic rings. The first-order chi connectivity index (χ1) is 13.1. The summed E-state index contributed by atoms with van der Waals surface area (Å²) in [4.78, 5) is 43.6. The number of carbonyl (C=O) groups is 3. The fourth-order valence-corrected chi connectivity index (χ4v) is 3.96. The standard InChI is InChI=1S/C21H23N3O3/c1-2-22-11-13-23(14-12-22)18(25)9-10-24-20(26)16-7-3-5-15-6-4-8-17(19(15)16)21(24)27/h3-8H,2,9-14H2,1H3. The second kappa shape index (κ2) is 7.12. The number of amides is 3. The number of imide groups is 1. The molecule has 27 heavy (non-hydrogen) atoms. The number of rotatable bonds is 4. The smallest absolute Gasteiger partial charge is 0.261 e. The maximum atomic E-state index is 12.9. The van der Waals surface area contributed by atoms with Gasteiger partial charge >= 0.3 is 0 Å². The van der Waals surface area contributed by atoms with E-state index < -0.39 is 0 Å². The van der Waals surface area contributed by atoms with E-state index in [1.54, 1.807) is 12.1 Å². The molecule has 0 aliphatic carbocycles. The lowest BCUT2D eigenvalue weighted by Gasteiger charge is -2.34. The van der Waals surface area contributed by atoms with E-state index in [1.165, 1.54) is 4.90 Å². The van der Waals surface area contributed by atoms with Crippen molar-refractivity contribution in [3.8, 4) is 0 Å². The Morgan fingerprint density at radius 3 is 2.07 bits per heavy atom. The Kier molecular flexibility index (Phi) is 4.66. The summed E-state index contributed by atoms with van der Waals surface area (Å²) in [5.74, 6) is -0.621. The number of benzene rings is 2. The zero-order chi connectivity index (χ0) is 19.0. The van der Waals surface area contributed by atoms with Crippen molar-refractivity contribution in [3.05, 3.63) is 47.5 Å². The number of likely N-dealkylation sites (N-methyl/N-ethyl adjacent to an activating group) is 1. The molecule has 1 fully saturated rings. The van der Waals surface area contributed by atoms with Crippen LogP contribution < -0.4 is 0 Å². The van der Waals surface area contributed by atoms with Crippen LogP contribution in [0.4, 0.5) is 0 Å². The first-order valence-corrected chi connectivity index (χ1v) is 9.48. The second-order valence-corrected chi connectivity index (χ2v) is 7.04. The molecule has 0 spiro atoms. The minimum atomic E-state index is -0.312. The zero-order valence-electron chi connectivity index (χ0n) is 15.5. The van der Waals surface area contributed by atoms with Gasteiger partial charge in [-0.3, -0.25) is 19.3 Å². The van der Waals surface area contributed by atoms with Gasteiger partial charge in [0.25, 0.3) is 11.8 Å². The highest BCUT2D eigenvalue weighted by Crippen LogP contribution is 2.30. The van der Waals surface area contributed by atoms with Gasteiger partial charge in [-0.15, -0.1) is 0 Å². The van der Waals surface area contributed by atoms with Crippen molar-refractivity contribution in [2.75, 3.05) is 39.3 Å². The van der Waals surface area contributed by atoms with Crippen LogP contribution in [0.25, 0.3) is 10.8 Å². The van der Waals surface area contributed by atoms with Crippen LogP contribution >= 0.6 is 0 Å². The molecule has 4 rings (SSSR count). The predicted octanol–water partition coefficient (Wildman–Crippen LogP) is 1.99. The van der Waals surface area contributed by atoms with Gasteiger partial charge in [0, 0.05) is 55.7 Å². The maximum Gasteiger partial charge on any atom is 0.261 e. The van der Waals surface area contributed by atoms with Crippen molar-refractivity contribution in [2.24, 2.45) is 0 Å². The minimum Gasteiger partial charge on any atom is -0.340 e. The number of hydrogen-bond donors (Lipinski definition) is 0. The van der Waals surface area contributed by atoms with E-state index in [2.05, 4.69) is 11.8 Å². The summed E-state index contributed by atoms with van der Waals surface area (Å²) in [5.41, 5.74) is 1.07. The molecule has 1 saturated heterocycles. The zero-order valence-corrected chi connectivity index (χ0v) is 15.5. The lowest BCUT2D eigenvalue weighted by atomic mass is 9.94. The summed E-state index contributed by atoms with van der Waals surface area (Å²) < 4.78 is 0. The van der Waals surface area contributed by atoms with Crippen molar-refractivity contribution in [2.45, 2.75) is 13.3 Å². The van der Waals surface area contributed by atoms with Crippen LogP contribution in [0.15, 0.2) is 36.4 Å². The van der Waals surface area contributed by atoms with Gasteiger partial charge in [0.2, 0.25) is 5.91 Å². The Labute approximate surface area is 158 Å². The number of piperazine rings is 1. The number of hydrogen-bond acceptors (Lipinski definition) is 4. The Morgan fingerprint density at radius 2 is 1.52 bits per heavy atom. The van der Waals surface area contributed by atoms with Gasteiger partial charge in [-0.25, -0.2) is 0 Å². The van der Waals surface area contributed by atoms with Crippen LogP contribution in [-0.2, 0) is 4.79 Å². The van der Waals surface area contributed by atoms with E-state index >= 15 is 0 Å². The van der Waals surface area contributed by atoms with Gasteiger partial charge in [-0.2, -0.15) is 0 Å². The van der Waals surface area contributed by atoms with Crippen molar-refractivity contribution < 1.29 is 14.4 Å². The summed E-state index contributed by atoms with van der Waals surface area (Å²) in [5, 5.41) is 1.60. The predicted molar refractivity (Wildman–Crippen MR) is 103 cm³/mol. The highest BCUT2D eigenvalue weighted by Gasteiger charge is 2.33. The molecule has 2 aromatic rings. The molecule has 0 bridgehead atoms. The van der Waals surface area contributed by atoms with Gasteiger partial charge in [-0.05, 0) is 24.1 Å². The van der Waals surface area contributed by atoms with Crippen molar-refractivity contribution in [1.82, 2.24) is 14.7 Å². The summed E-state index contributed by atoms with van der Waals surface area (Å²) in [7, 11) is 0. The summed E-state index contributed by atoms with van der Waals surface area (Å²) >= 11 is 0. The maximum absolute atomic E-state index is 12.9. The van der Waals surface area contributed by atoms with E-state index in [0.29, 0.717) is 29.6 Å². The van der Waals surface area contributed by atoms with Crippen LogP contribution in [0.2, 0.25) is 0 Å². The van der Waals surface area contributed by atoms with E-state index in [4.69, 9.17) is 0 Å². The molecule has 0 atom stereocenters. The summed E-state index contributed by atoms with van der Waals surface area (Å²) in [6.07, 6.45) is 0.168. The SMILES string of the molecule is CCN1CCN(C(=O)CCN2C(=O)c3cccc4cccc(c34)C2=O)CC1. The largest absolute Gasteiger partial charge is 0.340 e. The molecule has 3 amide bonds. The summed E-state index contributed by atoms with van der Waals surface area (Å²) in [6.45, 7) is 6.38. The lowest BCUT2D eigenvalue weighted by Crippen LogP contribution is -2.49. The van der Waals surface area contributed by atoms with Crippen molar-refractivity contribution in [3.63, 3.8) is 0 Å². The van der Waals surface area contributed by atoms with Crippen LogP contribution in [0.3, 0.4) is 0 Å². The Balaban J connectivity index is 1.48. The molecule has 0 saturated carbocycles. The third-order valence-electron chi connectivity index (χ3n) is 5.58. The molecule has 0 N–H and O–H groups in total. The van der Waals surface area contributed by atoms with Gasteiger partial charge in [-0.1, -0.05) is 31.2 Å². The Hall–Kier alpha value is -2.73. The molecular formula is C21H23N3O3. The van der Waals surface area contributed by atoms with Crippen LogP contribution in [0, 0.1) is 0 Å². The quantitative estimate of drug-likeness (QED) is 0.778. The number of carbonyl (C=O) groups excluding carboxylic acids is 3. The fraction of sp³-hybridized carbons (Fsp3) is 0.381. The first-order valence-electron chi connectivity index (χ1n) is 9.48. The third-order valence-corrected chi connectivity index (χ3v) is 5.58. The van der Waals surface area contributed by atoms with Crippen molar-refractivity contribution in [1.29, 1.82) is 0 Å². The van der Waals surface area contributed by atoms with E-state index in [9.17, 15) is 14.4 Å². The first kappa shape index (κ1) is 17.7. The molecule has 6 nitrogen and oxygen atoms in total. The van der Waals surface area contributed by atoms with Crippen LogP contribution in [-0.4, -0.2) is 71.7 Å². The minimum absolute atomic E-state index is 0.00317. The van der Waals surface area contributed by atoms with Gasteiger partial charge < -0.3 is 9.80 Å². The molecule has 0 unspecified atom stereocenters. The van der Waals surface area contributed by atoms with Crippen LogP contribution in [0.5, 0.6) is 0 Å². The van der Waals surface area contributed by atoms with Gasteiger partial charge in [0.15, 0.2) is 0 Å². The van der Waals surface area contributed by atoms with E-state index in [1.807, 2.05) is 29.2 Å². The topological polar surface area (TPSA) is 60.9 Å². The monoisotopic (exact) mass is 365 g/mol. The van der Waals surface area contributed by atoms with Gasteiger partial charge in [0.05, 0.1) is 0 Å². The average molecular weight is 365 g/mol. The second-order valence-electron chi connectivity index (χ2n) is 7.04. The molecule has 2 aromatic carbocycles. The molecule has 140 valence electrons. The highest BCUT2D eigenvalue weighted by atomic mass is 16.2. The normalized spacial score (nSPS) is 17.7.